The van der Waals surface area contributed by atoms with Crippen LogP contribution in [0.2, 0.25) is 12.1 Å². The van der Waals surface area contributed by atoms with E-state index in [-0.39, 0.29) is 5.82 Å². The van der Waals surface area contributed by atoms with Crippen molar-refractivity contribution in [1.29, 1.82) is 0 Å². The largest absolute Gasteiger partial charge is 0.207 e. The van der Waals surface area contributed by atoms with E-state index in [2.05, 4.69) is 6.92 Å². The Morgan fingerprint density at radius 3 is 2.54 bits per heavy atom. The van der Waals surface area contributed by atoms with Crippen molar-refractivity contribution in [1.82, 2.24) is 0 Å². The first kappa shape index (κ1) is 8.94. The highest BCUT2D eigenvalue weighted by atomic mass is 28.3. The van der Waals surface area contributed by atoms with Gasteiger partial charge in [0.15, 0.2) is 0 Å². The summed E-state index contributed by atoms with van der Waals surface area (Å²) in [6.45, 7) is 2.33. The first-order valence-electron chi connectivity index (χ1n) is 5.01. The smallest absolute Gasteiger partial charge is 0.123 e. The molecule has 1 heterocycles. The monoisotopic (exact) mass is 194 g/mol. The summed E-state index contributed by atoms with van der Waals surface area (Å²) in [7, 11) is -0.684. The van der Waals surface area contributed by atoms with Crippen molar-refractivity contribution in [3.05, 3.63) is 30.1 Å². The highest BCUT2D eigenvalue weighted by Gasteiger charge is 2.23. The van der Waals surface area contributed by atoms with Crippen molar-refractivity contribution in [2.24, 2.45) is 5.92 Å². The van der Waals surface area contributed by atoms with Crippen LogP contribution in [0, 0.1) is 11.7 Å². The van der Waals surface area contributed by atoms with Gasteiger partial charge in [-0.3, -0.25) is 0 Å². The Bertz CT molecular complexity index is 281. The molecule has 1 fully saturated rings. The molecule has 0 spiro atoms. The van der Waals surface area contributed by atoms with Gasteiger partial charge in [0.25, 0.3) is 0 Å². The molecule has 2 rings (SSSR count). The van der Waals surface area contributed by atoms with Crippen molar-refractivity contribution >= 4 is 14.0 Å². The van der Waals surface area contributed by atoms with Gasteiger partial charge in [-0.15, -0.1) is 0 Å². The summed E-state index contributed by atoms with van der Waals surface area (Å²) in [6.07, 6.45) is 1.38. The van der Waals surface area contributed by atoms with Gasteiger partial charge < -0.3 is 0 Å². The van der Waals surface area contributed by atoms with E-state index in [1.54, 1.807) is 12.1 Å². The van der Waals surface area contributed by atoms with Crippen LogP contribution < -0.4 is 5.19 Å². The molecule has 0 aromatic heterocycles. The second-order valence-corrected chi connectivity index (χ2v) is 7.28. The zero-order valence-electron chi connectivity index (χ0n) is 7.96. The van der Waals surface area contributed by atoms with Gasteiger partial charge in [0, 0.05) is 0 Å². The summed E-state index contributed by atoms with van der Waals surface area (Å²) in [5.74, 6) is 0.797. The number of rotatable bonds is 1. The standard InChI is InChI=1S/C11H15FSi/c1-9-6-7-13(8-9)11-4-2-10(12)3-5-11/h2-5,9,13H,6-8H2,1H3. The van der Waals surface area contributed by atoms with Crippen molar-refractivity contribution in [2.75, 3.05) is 0 Å². The van der Waals surface area contributed by atoms with Crippen molar-refractivity contribution in [2.45, 2.75) is 25.4 Å². The van der Waals surface area contributed by atoms with E-state index in [4.69, 9.17) is 0 Å². The average molecular weight is 194 g/mol. The van der Waals surface area contributed by atoms with Gasteiger partial charge in [-0.05, 0) is 18.1 Å². The van der Waals surface area contributed by atoms with E-state index in [9.17, 15) is 4.39 Å². The molecule has 13 heavy (non-hydrogen) atoms. The van der Waals surface area contributed by atoms with E-state index < -0.39 is 8.80 Å². The predicted octanol–water partition coefficient (Wildman–Crippen LogP) is 2.30. The Morgan fingerprint density at radius 1 is 1.31 bits per heavy atom. The maximum Gasteiger partial charge on any atom is 0.123 e. The molecule has 0 aliphatic carbocycles. The molecule has 1 saturated heterocycles. The average Bonchev–Trinajstić information content (AvgIpc) is 2.53. The molecule has 1 aromatic carbocycles. The zero-order valence-corrected chi connectivity index (χ0v) is 9.12. The Balaban J connectivity index is 2.13. The van der Waals surface area contributed by atoms with Crippen molar-refractivity contribution < 1.29 is 4.39 Å². The molecule has 0 saturated carbocycles. The maximum absolute atomic E-state index is 12.7. The van der Waals surface area contributed by atoms with Gasteiger partial charge in [0.1, 0.15) is 5.82 Å². The highest BCUT2D eigenvalue weighted by molar-refractivity contribution is 6.73. The van der Waals surface area contributed by atoms with Crippen LogP contribution in [-0.2, 0) is 0 Å². The number of benzene rings is 1. The zero-order chi connectivity index (χ0) is 9.26. The lowest BCUT2D eigenvalue weighted by atomic mass is 10.2. The lowest BCUT2D eigenvalue weighted by molar-refractivity contribution is 0.628. The third-order valence-corrected chi connectivity index (χ3v) is 6.77. The molecular formula is C11H15FSi. The van der Waals surface area contributed by atoms with Crippen LogP contribution in [0.5, 0.6) is 0 Å². The normalized spacial score (nSPS) is 27.8. The summed E-state index contributed by atoms with van der Waals surface area (Å²) in [5.41, 5.74) is 0. The van der Waals surface area contributed by atoms with Crippen LogP contribution in [-0.4, -0.2) is 8.80 Å². The molecule has 2 atom stereocenters. The molecule has 1 aliphatic rings. The number of halogens is 1. The van der Waals surface area contributed by atoms with Gasteiger partial charge in [-0.1, -0.05) is 42.8 Å². The van der Waals surface area contributed by atoms with Gasteiger partial charge in [-0.2, -0.15) is 0 Å². The second-order valence-electron chi connectivity index (χ2n) is 4.17. The summed E-state index contributed by atoms with van der Waals surface area (Å²) < 4.78 is 12.7. The molecule has 1 aliphatic heterocycles. The molecule has 0 bridgehead atoms. The van der Waals surface area contributed by atoms with E-state index >= 15 is 0 Å². The molecule has 0 radical (unpaired) electrons. The quantitative estimate of drug-likeness (QED) is 0.602. The van der Waals surface area contributed by atoms with Gasteiger partial charge in [0.2, 0.25) is 0 Å². The van der Waals surface area contributed by atoms with Crippen LogP contribution >= 0.6 is 0 Å². The van der Waals surface area contributed by atoms with Crippen LogP contribution in [0.25, 0.3) is 0 Å². The molecular weight excluding hydrogens is 179 g/mol. The van der Waals surface area contributed by atoms with Crippen LogP contribution in [0.15, 0.2) is 24.3 Å². The molecule has 0 amide bonds. The second kappa shape index (κ2) is 3.62. The molecule has 0 N–H and O–H groups in total. The lowest BCUT2D eigenvalue weighted by Crippen LogP contribution is -2.26. The minimum absolute atomic E-state index is 0.108. The Labute approximate surface area is 80.4 Å². The van der Waals surface area contributed by atoms with Crippen LogP contribution in [0.3, 0.4) is 0 Å². The first-order chi connectivity index (χ1) is 6.25. The number of hydrogen-bond donors (Lipinski definition) is 0. The molecule has 2 heteroatoms. The fourth-order valence-corrected chi connectivity index (χ4v) is 6.00. The Hall–Kier alpha value is -0.633. The Morgan fingerprint density at radius 2 is 2.00 bits per heavy atom. The molecule has 0 nitrogen and oxygen atoms in total. The molecule has 2 unspecified atom stereocenters. The SMILES string of the molecule is CC1CC[SiH](c2ccc(F)cc2)C1. The van der Waals surface area contributed by atoms with E-state index in [1.165, 1.54) is 23.7 Å². The fourth-order valence-electron chi connectivity index (χ4n) is 2.24. The van der Waals surface area contributed by atoms with E-state index in [0.29, 0.717) is 0 Å². The van der Waals surface area contributed by atoms with Crippen molar-refractivity contribution in [3.63, 3.8) is 0 Å². The van der Waals surface area contributed by atoms with E-state index in [1.807, 2.05) is 12.1 Å². The topological polar surface area (TPSA) is 0 Å². The summed E-state index contributed by atoms with van der Waals surface area (Å²) in [4.78, 5) is 0. The third kappa shape index (κ3) is 1.99. The third-order valence-electron chi connectivity index (χ3n) is 3.04. The minimum atomic E-state index is -0.684. The highest BCUT2D eigenvalue weighted by Crippen LogP contribution is 2.25. The number of hydrogen-bond acceptors (Lipinski definition) is 0. The minimum Gasteiger partial charge on any atom is -0.207 e. The van der Waals surface area contributed by atoms with Crippen molar-refractivity contribution in [3.8, 4) is 0 Å². The van der Waals surface area contributed by atoms with Gasteiger partial charge >= 0.3 is 0 Å². The van der Waals surface area contributed by atoms with Gasteiger partial charge in [-0.25, -0.2) is 4.39 Å². The lowest BCUT2D eigenvalue weighted by Gasteiger charge is -2.07. The predicted molar refractivity (Wildman–Crippen MR) is 56.6 cm³/mol. The van der Waals surface area contributed by atoms with E-state index in [0.717, 1.165) is 5.92 Å². The summed E-state index contributed by atoms with van der Waals surface area (Å²) in [6, 6.07) is 10.0. The van der Waals surface area contributed by atoms with Crippen LogP contribution in [0.4, 0.5) is 4.39 Å². The fraction of sp³-hybridized carbons (Fsp3) is 0.455. The maximum atomic E-state index is 12.7. The Kier molecular flexibility index (Phi) is 2.49. The first-order valence-corrected chi connectivity index (χ1v) is 7.22. The molecule has 70 valence electrons. The molecule has 1 aromatic rings. The summed E-state index contributed by atoms with van der Waals surface area (Å²) in [5, 5.41) is 1.45. The van der Waals surface area contributed by atoms with Gasteiger partial charge in [0.05, 0.1) is 8.80 Å². The summed E-state index contributed by atoms with van der Waals surface area (Å²) >= 11 is 0. The van der Waals surface area contributed by atoms with Crippen LogP contribution in [0.1, 0.15) is 13.3 Å².